The van der Waals surface area contributed by atoms with Crippen LogP contribution in [0.4, 0.5) is 10.5 Å². The smallest absolute Gasteiger partial charge is 0.328 e. The normalized spacial score (nSPS) is 19.9. The average molecular weight is 702 g/mol. The minimum atomic E-state index is -0.847. The third-order valence-electron chi connectivity index (χ3n) is 10.0. The van der Waals surface area contributed by atoms with Gasteiger partial charge in [0.05, 0.1) is 25.9 Å². The Balaban J connectivity index is 1.17. The SMILES string of the molecule is COC(=O)C(Cc1ccccc1)NC(=O)Nc1ccc(C2OC(CN(C)C(C)c3ccc4ccccc4c3)C(C)C(c3ccc(CO)cc3)O2)cc1. The van der Waals surface area contributed by atoms with E-state index in [1.807, 2.05) is 66.7 Å². The van der Waals surface area contributed by atoms with E-state index in [2.05, 4.69) is 78.9 Å². The van der Waals surface area contributed by atoms with Crippen molar-refractivity contribution >= 4 is 28.5 Å². The van der Waals surface area contributed by atoms with Crippen molar-refractivity contribution in [1.29, 1.82) is 0 Å². The maximum absolute atomic E-state index is 13.0. The Morgan fingerprint density at radius 3 is 2.19 bits per heavy atom. The third kappa shape index (κ3) is 8.86. The second-order valence-electron chi connectivity index (χ2n) is 13.5. The molecule has 52 heavy (non-hydrogen) atoms. The summed E-state index contributed by atoms with van der Waals surface area (Å²) in [4.78, 5) is 27.7. The topological polar surface area (TPSA) is 109 Å². The van der Waals surface area contributed by atoms with E-state index >= 15 is 0 Å². The molecule has 6 unspecified atom stereocenters. The summed E-state index contributed by atoms with van der Waals surface area (Å²) in [6.07, 6.45) is -0.789. The quantitative estimate of drug-likeness (QED) is 0.114. The minimum Gasteiger partial charge on any atom is -0.467 e. The Hall–Kier alpha value is -5.06. The van der Waals surface area contributed by atoms with Gasteiger partial charge in [0.2, 0.25) is 0 Å². The number of anilines is 1. The van der Waals surface area contributed by atoms with Crippen LogP contribution in [0.25, 0.3) is 10.8 Å². The lowest BCUT2D eigenvalue weighted by Crippen LogP contribution is -2.45. The molecule has 0 bridgehead atoms. The van der Waals surface area contributed by atoms with Gasteiger partial charge >= 0.3 is 12.0 Å². The van der Waals surface area contributed by atoms with Gasteiger partial charge in [-0.1, -0.05) is 110 Å². The van der Waals surface area contributed by atoms with Crippen LogP contribution >= 0.6 is 0 Å². The molecule has 0 saturated carbocycles. The van der Waals surface area contributed by atoms with Gasteiger partial charge in [0.15, 0.2) is 6.29 Å². The van der Waals surface area contributed by atoms with E-state index in [0.29, 0.717) is 18.7 Å². The number of nitrogens with one attached hydrogen (secondary N) is 2. The molecule has 270 valence electrons. The highest BCUT2D eigenvalue weighted by Crippen LogP contribution is 2.42. The zero-order valence-corrected chi connectivity index (χ0v) is 30.1. The number of hydrogen-bond acceptors (Lipinski definition) is 7. The number of carbonyl (C=O) groups is 2. The van der Waals surface area contributed by atoms with Gasteiger partial charge in [-0.05, 0) is 65.2 Å². The maximum atomic E-state index is 13.0. The molecule has 1 aliphatic rings. The zero-order chi connectivity index (χ0) is 36.6. The summed E-state index contributed by atoms with van der Waals surface area (Å²) in [5.74, 6) is -0.506. The van der Waals surface area contributed by atoms with Gasteiger partial charge in [0.1, 0.15) is 6.04 Å². The van der Waals surface area contributed by atoms with Crippen LogP contribution in [0.15, 0.2) is 121 Å². The summed E-state index contributed by atoms with van der Waals surface area (Å²) >= 11 is 0. The number of urea groups is 1. The molecule has 1 aliphatic heterocycles. The number of aliphatic hydroxyl groups is 1. The predicted octanol–water partition coefficient (Wildman–Crippen LogP) is 7.72. The number of likely N-dealkylation sites (N-methyl/N-ethyl adjacent to an activating group) is 1. The molecule has 9 heteroatoms. The first-order valence-corrected chi connectivity index (χ1v) is 17.7. The lowest BCUT2D eigenvalue weighted by atomic mass is 9.89. The van der Waals surface area contributed by atoms with Crippen LogP contribution in [0.5, 0.6) is 0 Å². The van der Waals surface area contributed by atoms with Crippen LogP contribution in [0.1, 0.15) is 60.1 Å². The van der Waals surface area contributed by atoms with Crippen molar-refractivity contribution in [2.45, 2.75) is 57.5 Å². The molecule has 9 nitrogen and oxygen atoms in total. The van der Waals surface area contributed by atoms with Crippen LogP contribution < -0.4 is 10.6 Å². The van der Waals surface area contributed by atoms with Crippen molar-refractivity contribution in [3.05, 3.63) is 149 Å². The molecule has 0 spiro atoms. The van der Waals surface area contributed by atoms with Crippen molar-refractivity contribution < 1.29 is 28.9 Å². The third-order valence-corrected chi connectivity index (χ3v) is 10.0. The van der Waals surface area contributed by atoms with Gasteiger partial charge in [0, 0.05) is 36.2 Å². The fraction of sp³-hybridized carbons (Fsp3) is 0.302. The summed E-state index contributed by atoms with van der Waals surface area (Å²) < 4.78 is 18.3. The zero-order valence-electron chi connectivity index (χ0n) is 30.1. The Labute approximate surface area is 305 Å². The van der Waals surface area contributed by atoms with Crippen LogP contribution in [-0.2, 0) is 32.0 Å². The number of fused-ring (bicyclic) bond motifs is 1. The van der Waals surface area contributed by atoms with Crippen LogP contribution in [0.3, 0.4) is 0 Å². The van der Waals surface area contributed by atoms with Gasteiger partial charge in [-0.2, -0.15) is 0 Å². The molecule has 6 rings (SSSR count). The molecule has 0 aromatic heterocycles. The van der Waals surface area contributed by atoms with Gasteiger partial charge in [-0.3, -0.25) is 4.90 Å². The molecular weight excluding hydrogens is 654 g/mol. The van der Waals surface area contributed by atoms with Crippen molar-refractivity contribution in [2.24, 2.45) is 5.92 Å². The second-order valence-corrected chi connectivity index (χ2v) is 13.5. The van der Waals surface area contributed by atoms with E-state index in [0.717, 1.165) is 22.3 Å². The summed E-state index contributed by atoms with van der Waals surface area (Å²) in [6, 6.07) is 38.5. The van der Waals surface area contributed by atoms with E-state index in [4.69, 9.17) is 14.2 Å². The van der Waals surface area contributed by atoms with Gasteiger partial charge in [-0.15, -0.1) is 0 Å². The van der Waals surface area contributed by atoms with E-state index in [-0.39, 0.29) is 30.8 Å². The molecule has 0 radical (unpaired) electrons. The number of aliphatic hydroxyl groups excluding tert-OH is 1. The lowest BCUT2D eigenvalue weighted by molar-refractivity contribution is -0.276. The highest BCUT2D eigenvalue weighted by atomic mass is 16.7. The highest BCUT2D eigenvalue weighted by molar-refractivity contribution is 5.92. The number of esters is 1. The van der Waals surface area contributed by atoms with Gasteiger partial charge in [0.25, 0.3) is 0 Å². The molecule has 5 aromatic carbocycles. The standard InChI is InChI=1S/C43H47N3O6/c1-28-39(26-46(3)29(2)35-19-18-32-12-8-9-13-36(32)25-35)51-42(52-40(28)33-16-14-31(27-47)15-17-33)34-20-22-37(23-21-34)44-43(49)45-38(41(48)50-4)24-30-10-6-5-7-11-30/h5-23,25,28-29,38-40,42,47H,24,26-27H2,1-4H3,(H2,44,45,49). The van der Waals surface area contributed by atoms with E-state index in [1.165, 1.54) is 23.4 Å². The van der Waals surface area contributed by atoms with Crippen LogP contribution in [-0.4, -0.2) is 54.9 Å². The Bertz CT molecular complexity index is 1940. The minimum absolute atomic E-state index is 0.0192. The maximum Gasteiger partial charge on any atom is 0.328 e. The van der Waals surface area contributed by atoms with Crippen LogP contribution in [0, 0.1) is 5.92 Å². The van der Waals surface area contributed by atoms with E-state index in [9.17, 15) is 14.7 Å². The lowest BCUT2D eigenvalue weighted by Gasteiger charge is -2.43. The number of amides is 2. The number of carbonyl (C=O) groups excluding carboxylic acids is 2. The number of hydrogen-bond donors (Lipinski definition) is 3. The Morgan fingerprint density at radius 2 is 1.50 bits per heavy atom. The fourth-order valence-electron chi connectivity index (χ4n) is 6.73. The number of methoxy groups -OCH3 is 1. The van der Waals surface area contributed by atoms with Gasteiger partial charge < -0.3 is 30.0 Å². The summed E-state index contributed by atoms with van der Waals surface area (Å²) in [6.45, 7) is 5.02. The van der Waals surface area contributed by atoms with Crippen molar-refractivity contribution in [2.75, 3.05) is 26.0 Å². The first kappa shape index (κ1) is 36.7. The van der Waals surface area contributed by atoms with Crippen LogP contribution in [0.2, 0.25) is 0 Å². The number of rotatable bonds is 12. The molecule has 3 N–H and O–H groups in total. The van der Waals surface area contributed by atoms with Crippen molar-refractivity contribution in [3.63, 3.8) is 0 Å². The molecule has 1 heterocycles. The van der Waals surface area contributed by atoms with Gasteiger partial charge in [-0.25, -0.2) is 9.59 Å². The molecule has 1 saturated heterocycles. The second kappa shape index (κ2) is 17.0. The van der Waals surface area contributed by atoms with E-state index < -0.39 is 24.3 Å². The Morgan fingerprint density at radius 1 is 0.827 bits per heavy atom. The summed E-state index contributed by atoms with van der Waals surface area (Å²) in [5, 5.41) is 17.6. The number of ether oxygens (including phenoxy) is 3. The molecule has 0 aliphatic carbocycles. The summed E-state index contributed by atoms with van der Waals surface area (Å²) in [7, 11) is 3.43. The first-order chi connectivity index (χ1) is 25.2. The molecule has 6 atom stereocenters. The van der Waals surface area contributed by atoms with E-state index in [1.54, 1.807) is 12.1 Å². The molecular formula is C43H47N3O6. The molecule has 1 fully saturated rings. The summed E-state index contributed by atoms with van der Waals surface area (Å²) in [5.41, 5.74) is 5.34. The largest absolute Gasteiger partial charge is 0.467 e. The van der Waals surface area contributed by atoms with Crippen molar-refractivity contribution in [1.82, 2.24) is 10.2 Å². The number of benzene rings is 5. The first-order valence-electron chi connectivity index (χ1n) is 17.7. The Kier molecular flexibility index (Phi) is 12.0. The van der Waals surface area contributed by atoms with Crippen molar-refractivity contribution in [3.8, 4) is 0 Å². The molecule has 2 amide bonds. The number of nitrogens with zero attached hydrogens (tertiary/aromatic N) is 1. The molecule has 5 aromatic rings. The highest BCUT2D eigenvalue weighted by Gasteiger charge is 2.39. The average Bonchev–Trinajstić information content (AvgIpc) is 3.18. The predicted molar refractivity (Wildman–Crippen MR) is 203 cm³/mol. The monoisotopic (exact) mass is 701 g/mol. The fourth-order valence-corrected chi connectivity index (χ4v) is 6.73.